The standard InChI is InChI=1S/C12H16N2O3/c1-7-3-4-9(12(16)17)10(5-7)14-8(2)6-11(13)15/h3-5,8,14H,6H2,1-2H3,(H2,13,15)(H,16,17). The highest BCUT2D eigenvalue weighted by Crippen LogP contribution is 2.19. The monoisotopic (exact) mass is 236 g/mol. The summed E-state index contributed by atoms with van der Waals surface area (Å²) in [6, 6.07) is 4.80. The minimum atomic E-state index is -1.00. The van der Waals surface area contributed by atoms with Crippen LogP contribution in [-0.4, -0.2) is 23.0 Å². The number of hydrogen-bond acceptors (Lipinski definition) is 3. The van der Waals surface area contributed by atoms with Gasteiger partial charge in [-0.3, -0.25) is 4.79 Å². The van der Waals surface area contributed by atoms with E-state index in [1.807, 2.05) is 6.92 Å². The Kier molecular flexibility index (Phi) is 4.09. The largest absolute Gasteiger partial charge is 0.478 e. The predicted octanol–water partition coefficient (Wildman–Crippen LogP) is 1.37. The number of carboxylic acid groups (broad SMARTS) is 1. The van der Waals surface area contributed by atoms with Crippen LogP contribution >= 0.6 is 0 Å². The maximum absolute atomic E-state index is 11.0. The number of amides is 1. The molecular formula is C12H16N2O3. The molecule has 1 aromatic rings. The van der Waals surface area contributed by atoms with Crippen molar-refractivity contribution in [1.29, 1.82) is 0 Å². The van der Waals surface area contributed by atoms with Gasteiger partial charge in [-0.15, -0.1) is 0 Å². The van der Waals surface area contributed by atoms with Gasteiger partial charge in [0.15, 0.2) is 0 Å². The zero-order chi connectivity index (χ0) is 13.0. The first-order valence-electron chi connectivity index (χ1n) is 5.29. The summed E-state index contributed by atoms with van der Waals surface area (Å²) in [5.41, 5.74) is 6.72. The highest BCUT2D eigenvalue weighted by Gasteiger charge is 2.13. The molecule has 5 nitrogen and oxygen atoms in total. The molecule has 1 atom stereocenters. The van der Waals surface area contributed by atoms with Crippen LogP contribution in [0.5, 0.6) is 0 Å². The molecule has 0 heterocycles. The SMILES string of the molecule is Cc1ccc(C(=O)O)c(NC(C)CC(N)=O)c1. The molecule has 0 bridgehead atoms. The number of aromatic carboxylic acids is 1. The molecule has 1 amide bonds. The van der Waals surface area contributed by atoms with E-state index < -0.39 is 11.9 Å². The van der Waals surface area contributed by atoms with E-state index >= 15 is 0 Å². The molecule has 0 radical (unpaired) electrons. The second-order valence-corrected chi connectivity index (χ2v) is 4.07. The lowest BCUT2D eigenvalue weighted by Gasteiger charge is -2.16. The summed E-state index contributed by atoms with van der Waals surface area (Å²) < 4.78 is 0. The average Bonchev–Trinajstić information content (AvgIpc) is 2.15. The van der Waals surface area contributed by atoms with Gasteiger partial charge in [-0.1, -0.05) is 6.07 Å². The number of nitrogens with two attached hydrogens (primary N) is 1. The second-order valence-electron chi connectivity index (χ2n) is 4.07. The molecule has 0 aliphatic heterocycles. The van der Waals surface area contributed by atoms with Crippen molar-refractivity contribution >= 4 is 17.6 Å². The summed E-state index contributed by atoms with van der Waals surface area (Å²) in [6.07, 6.45) is 0.160. The number of nitrogens with one attached hydrogen (secondary N) is 1. The molecular weight excluding hydrogens is 220 g/mol. The third-order valence-electron chi connectivity index (χ3n) is 2.31. The van der Waals surface area contributed by atoms with E-state index in [1.165, 1.54) is 6.07 Å². The molecule has 0 aliphatic carbocycles. The number of aryl methyl sites for hydroxylation is 1. The van der Waals surface area contributed by atoms with E-state index in [4.69, 9.17) is 10.8 Å². The maximum atomic E-state index is 11.0. The van der Waals surface area contributed by atoms with Crippen LogP contribution in [0.25, 0.3) is 0 Å². The third-order valence-corrected chi connectivity index (χ3v) is 2.31. The summed E-state index contributed by atoms with van der Waals surface area (Å²) in [5, 5.41) is 12.0. The molecule has 0 spiro atoms. The minimum Gasteiger partial charge on any atom is -0.478 e. The molecule has 5 heteroatoms. The molecule has 0 saturated carbocycles. The molecule has 0 saturated heterocycles. The van der Waals surface area contributed by atoms with E-state index in [-0.39, 0.29) is 18.0 Å². The maximum Gasteiger partial charge on any atom is 0.337 e. The molecule has 0 aromatic heterocycles. The van der Waals surface area contributed by atoms with Gasteiger partial charge in [-0.05, 0) is 31.5 Å². The van der Waals surface area contributed by atoms with Crippen LogP contribution in [0.4, 0.5) is 5.69 Å². The Morgan fingerprint density at radius 3 is 2.65 bits per heavy atom. The summed E-state index contributed by atoms with van der Waals surface area (Å²) >= 11 is 0. The first kappa shape index (κ1) is 13.0. The predicted molar refractivity (Wildman–Crippen MR) is 65.0 cm³/mol. The number of anilines is 1. The van der Waals surface area contributed by atoms with Crippen LogP contribution in [-0.2, 0) is 4.79 Å². The molecule has 1 unspecified atom stereocenters. The van der Waals surface area contributed by atoms with Gasteiger partial charge in [0.1, 0.15) is 0 Å². The lowest BCUT2D eigenvalue weighted by Crippen LogP contribution is -2.24. The molecule has 1 rings (SSSR count). The van der Waals surface area contributed by atoms with Gasteiger partial charge < -0.3 is 16.2 Å². The van der Waals surface area contributed by atoms with Gasteiger partial charge in [0.05, 0.1) is 5.56 Å². The fraction of sp³-hybridized carbons (Fsp3) is 0.333. The number of hydrogen-bond donors (Lipinski definition) is 3. The van der Waals surface area contributed by atoms with Crippen LogP contribution in [0.2, 0.25) is 0 Å². The Morgan fingerprint density at radius 1 is 1.47 bits per heavy atom. The molecule has 0 fully saturated rings. The number of carbonyl (C=O) groups is 2. The number of benzene rings is 1. The van der Waals surface area contributed by atoms with Crippen molar-refractivity contribution in [2.24, 2.45) is 5.73 Å². The zero-order valence-corrected chi connectivity index (χ0v) is 9.86. The highest BCUT2D eigenvalue weighted by molar-refractivity contribution is 5.94. The van der Waals surface area contributed by atoms with Gasteiger partial charge in [0.2, 0.25) is 5.91 Å². The molecule has 1 aromatic carbocycles. The molecule has 17 heavy (non-hydrogen) atoms. The summed E-state index contributed by atoms with van der Waals surface area (Å²) in [7, 11) is 0. The van der Waals surface area contributed by atoms with Crippen LogP contribution < -0.4 is 11.1 Å². The topological polar surface area (TPSA) is 92.4 Å². The normalized spacial score (nSPS) is 11.9. The summed E-state index contributed by atoms with van der Waals surface area (Å²) in [5.74, 6) is -1.42. The Morgan fingerprint density at radius 2 is 2.12 bits per heavy atom. The lowest BCUT2D eigenvalue weighted by atomic mass is 10.1. The first-order chi connectivity index (χ1) is 7.90. The van der Waals surface area contributed by atoms with Gasteiger partial charge in [-0.2, -0.15) is 0 Å². The number of primary amides is 1. The van der Waals surface area contributed by atoms with E-state index in [0.29, 0.717) is 5.69 Å². The van der Waals surface area contributed by atoms with Crippen molar-refractivity contribution in [3.05, 3.63) is 29.3 Å². The molecule has 4 N–H and O–H groups in total. The van der Waals surface area contributed by atoms with Gasteiger partial charge in [0.25, 0.3) is 0 Å². The van der Waals surface area contributed by atoms with Crippen molar-refractivity contribution in [2.75, 3.05) is 5.32 Å². The zero-order valence-electron chi connectivity index (χ0n) is 9.86. The van der Waals surface area contributed by atoms with Crippen LogP contribution in [0.3, 0.4) is 0 Å². The quantitative estimate of drug-likeness (QED) is 0.719. The van der Waals surface area contributed by atoms with Crippen LogP contribution in [0, 0.1) is 6.92 Å². The Hall–Kier alpha value is -2.04. The third kappa shape index (κ3) is 3.79. The number of carboxylic acids is 1. The highest BCUT2D eigenvalue weighted by atomic mass is 16.4. The van der Waals surface area contributed by atoms with Crippen molar-refractivity contribution in [2.45, 2.75) is 26.3 Å². The van der Waals surface area contributed by atoms with Gasteiger partial charge >= 0.3 is 5.97 Å². The number of carbonyl (C=O) groups excluding carboxylic acids is 1. The first-order valence-corrected chi connectivity index (χ1v) is 5.29. The average molecular weight is 236 g/mol. The Labute approximate surface area is 99.6 Å². The van der Waals surface area contributed by atoms with Crippen molar-refractivity contribution in [3.8, 4) is 0 Å². The number of rotatable bonds is 5. The van der Waals surface area contributed by atoms with Crippen LogP contribution in [0.15, 0.2) is 18.2 Å². The lowest BCUT2D eigenvalue weighted by molar-refractivity contribution is -0.118. The Bertz CT molecular complexity index is 443. The van der Waals surface area contributed by atoms with Crippen LogP contribution in [0.1, 0.15) is 29.3 Å². The Balaban J connectivity index is 2.92. The van der Waals surface area contributed by atoms with E-state index in [1.54, 1.807) is 19.1 Å². The van der Waals surface area contributed by atoms with E-state index in [2.05, 4.69) is 5.32 Å². The fourth-order valence-electron chi connectivity index (χ4n) is 1.58. The van der Waals surface area contributed by atoms with Gasteiger partial charge in [-0.25, -0.2) is 4.79 Å². The van der Waals surface area contributed by atoms with Crippen molar-refractivity contribution in [3.63, 3.8) is 0 Å². The second kappa shape index (κ2) is 5.34. The molecule has 0 aliphatic rings. The summed E-state index contributed by atoms with van der Waals surface area (Å²) in [4.78, 5) is 21.8. The minimum absolute atomic E-state index is 0.160. The van der Waals surface area contributed by atoms with Crippen molar-refractivity contribution in [1.82, 2.24) is 0 Å². The van der Waals surface area contributed by atoms with Crippen molar-refractivity contribution < 1.29 is 14.7 Å². The van der Waals surface area contributed by atoms with Gasteiger partial charge in [0, 0.05) is 18.2 Å². The summed E-state index contributed by atoms with van der Waals surface area (Å²) in [6.45, 7) is 3.65. The van der Waals surface area contributed by atoms with E-state index in [9.17, 15) is 9.59 Å². The fourth-order valence-corrected chi connectivity index (χ4v) is 1.58. The van der Waals surface area contributed by atoms with E-state index in [0.717, 1.165) is 5.56 Å². The smallest absolute Gasteiger partial charge is 0.337 e. The molecule has 92 valence electrons.